The summed E-state index contributed by atoms with van der Waals surface area (Å²) in [7, 11) is -3.83. The molecule has 0 saturated carbocycles. The molecule has 0 heterocycles. The van der Waals surface area contributed by atoms with E-state index in [0.29, 0.717) is 6.54 Å². The van der Waals surface area contributed by atoms with Crippen LogP contribution < -0.4 is 10.0 Å². The molecule has 0 radical (unpaired) electrons. The van der Waals surface area contributed by atoms with E-state index >= 15 is 0 Å². The van der Waals surface area contributed by atoms with Gasteiger partial charge in [0.2, 0.25) is 10.0 Å². The summed E-state index contributed by atoms with van der Waals surface area (Å²) in [4.78, 5) is 0. The zero-order valence-electron chi connectivity index (χ0n) is 10.9. The van der Waals surface area contributed by atoms with Crippen LogP contribution in [0.2, 0.25) is 0 Å². The Morgan fingerprint density at radius 1 is 1.26 bits per heavy atom. The van der Waals surface area contributed by atoms with Crippen molar-refractivity contribution in [1.29, 1.82) is 0 Å². The summed E-state index contributed by atoms with van der Waals surface area (Å²) in [6.45, 7) is 4.34. The van der Waals surface area contributed by atoms with Gasteiger partial charge < -0.3 is 5.32 Å². The van der Waals surface area contributed by atoms with Crippen molar-refractivity contribution < 1.29 is 17.2 Å². The highest BCUT2D eigenvalue weighted by molar-refractivity contribution is 7.93. The molecule has 4 nitrogen and oxygen atoms in total. The van der Waals surface area contributed by atoms with Crippen molar-refractivity contribution in [2.45, 2.75) is 25.5 Å². The van der Waals surface area contributed by atoms with Crippen molar-refractivity contribution in [2.75, 3.05) is 17.8 Å². The molecule has 1 unspecified atom stereocenters. The molecule has 0 saturated heterocycles. The highest BCUT2D eigenvalue weighted by atomic mass is 32.2. The largest absolute Gasteiger partial charge is 0.315 e. The lowest BCUT2D eigenvalue weighted by Gasteiger charge is -2.16. The number of para-hydroxylation sites is 1. The number of anilines is 1. The van der Waals surface area contributed by atoms with E-state index in [9.17, 15) is 17.2 Å². The molecule has 0 fully saturated rings. The van der Waals surface area contributed by atoms with Crippen molar-refractivity contribution in [3.63, 3.8) is 0 Å². The summed E-state index contributed by atoms with van der Waals surface area (Å²) in [6, 6.07) is 3.18. The minimum Gasteiger partial charge on any atom is -0.315 e. The fourth-order valence-corrected chi connectivity index (χ4v) is 2.45. The number of sulfonamides is 1. The Morgan fingerprint density at radius 2 is 1.84 bits per heavy atom. The van der Waals surface area contributed by atoms with E-state index in [1.165, 1.54) is 13.0 Å². The van der Waals surface area contributed by atoms with E-state index in [-0.39, 0.29) is 6.54 Å². The van der Waals surface area contributed by atoms with E-state index in [1.807, 2.05) is 11.6 Å². The summed E-state index contributed by atoms with van der Waals surface area (Å²) in [6.07, 6.45) is 0.877. The highest BCUT2D eigenvalue weighted by Crippen LogP contribution is 2.20. The van der Waals surface area contributed by atoms with Crippen LogP contribution in [-0.2, 0) is 10.0 Å². The Kier molecular flexibility index (Phi) is 5.68. The summed E-state index contributed by atoms with van der Waals surface area (Å²) in [5.74, 6) is -1.87. The number of halogens is 2. The second-order valence-corrected chi connectivity index (χ2v) is 6.36. The maximum absolute atomic E-state index is 13.4. The van der Waals surface area contributed by atoms with Gasteiger partial charge in [0.05, 0.1) is 5.25 Å². The zero-order chi connectivity index (χ0) is 14.5. The average Bonchev–Trinajstić information content (AvgIpc) is 2.34. The maximum atomic E-state index is 13.4. The highest BCUT2D eigenvalue weighted by Gasteiger charge is 2.23. The molecule has 0 aliphatic carbocycles. The topological polar surface area (TPSA) is 58.2 Å². The van der Waals surface area contributed by atoms with E-state index < -0.39 is 32.6 Å². The maximum Gasteiger partial charge on any atom is 0.236 e. The van der Waals surface area contributed by atoms with E-state index in [0.717, 1.165) is 18.6 Å². The van der Waals surface area contributed by atoms with Gasteiger partial charge in [-0.1, -0.05) is 13.0 Å². The van der Waals surface area contributed by atoms with Gasteiger partial charge in [-0.15, -0.1) is 0 Å². The lowest BCUT2D eigenvalue weighted by Crippen LogP contribution is -2.35. The number of benzene rings is 1. The normalized spacial score (nSPS) is 13.3. The molecular formula is C12H18F2N2O2S. The molecule has 0 aliphatic rings. The first-order valence-electron chi connectivity index (χ1n) is 6.04. The van der Waals surface area contributed by atoms with Gasteiger partial charge in [-0.05, 0) is 32.0 Å². The van der Waals surface area contributed by atoms with Gasteiger partial charge in [0.15, 0.2) is 0 Å². The predicted octanol–water partition coefficient (Wildman–Crippen LogP) is 2.09. The minimum atomic E-state index is -3.83. The third-order valence-electron chi connectivity index (χ3n) is 2.60. The molecule has 2 N–H and O–H groups in total. The van der Waals surface area contributed by atoms with Gasteiger partial charge in [-0.2, -0.15) is 0 Å². The van der Waals surface area contributed by atoms with Gasteiger partial charge in [0, 0.05) is 6.54 Å². The number of rotatable bonds is 7. The zero-order valence-corrected chi connectivity index (χ0v) is 11.7. The van der Waals surface area contributed by atoms with Gasteiger partial charge >= 0.3 is 0 Å². The standard InChI is InChI=1S/C12H18F2N2O2S/c1-3-7-15-8-9(2)19(17,18)16-12-10(13)5-4-6-11(12)14/h4-6,9,15-16H,3,7-8H2,1-2H3. The SMILES string of the molecule is CCCNCC(C)S(=O)(=O)Nc1c(F)cccc1F. The number of hydrogen-bond acceptors (Lipinski definition) is 3. The Bertz CT molecular complexity index is 500. The lowest BCUT2D eigenvalue weighted by atomic mass is 10.3. The second-order valence-electron chi connectivity index (χ2n) is 4.26. The summed E-state index contributed by atoms with van der Waals surface area (Å²) in [5.41, 5.74) is -0.634. The van der Waals surface area contributed by atoms with Crippen molar-refractivity contribution in [3.8, 4) is 0 Å². The average molecular weight is 292 g/mol. The Morgan fingerprint density at radius 3 is 2.37 bits per heavy atom. The van der Waals surface area contributed by atoms with Crippen LogP contribution in [0.4, 0.5) is 14.5 Å². The van der Waals surface area contributed by atoms with E-state index in [2.05, 4.69) is 5.32 Å². The molecule has 108 valence electrons. The number of nitrogens with one attached hydrogen (secondary N) is 2. The van der Waals surface area contributed by atoms with Crippen LogP contribution in [0.15, 0.2) is 18.2 Å². The Labute approximate surface area is 112 Å². The van der Waals surface area contributed by atoms with Crippen molar-refractivity contribution in [3.05, 3.63) is 29.8 Å². The van der Waals surface area contributed by atoms with Crippen LogP contribution in [0, 0.1) is 11.6 Å². The third-order valence-corrected chi connectivity index (χ3v) is 4.31. The summed E-state index contributed by atoms with van der Waals surface area (Å²) < 4.78 is 52.5. The smallest absolute Gasteiger partial charge is 0.236 e. The van der Waals surface area contributed by atoms with Crippen molar-refractivity contribution >= 4 is 15.7 Å². The second kappa shape index (κ2) is 6.81. The Balaban J connectivity index is 2.79. The van der Waals surface area contributed by atoms with Crippen LogP contribution in [0.3, 0.4) is 0 Å². The van der Waals surface area contributed by atoms with Crippen LogP contribution >= 0.6 is 0 Å². The lowest BCUT2D eigenvalue weighted by molar-refractivity contribution is 0.569. The first-order valence-corrected chi connectivity index (χ1v) is 7.59. The molecular weight excluding hydrogens is 274 g/mol. The van der Waals surface area contributed by atoms with Crippen LogP contribution in [-0.4, -0.2) is 26.8 Å². The summed E-state index contributed by atoms with van der Waals surface area (Å²) in [5, 5.41) is 2.16. The molecule has 0 bridgehead atoms. The van der Waals surface area contributed by atoms with E-state index in [1.54, 1.807) is 0 Å². The Hall–Kier alpha value is -1.21. The van der Waals surface area contributed by atoms with Crippen LogP contribution in [0.1, 0.15) is 20.3 Å². The fraction of sp³-hybridized carbons (Fsp3) is 0.500. The van der Waals surface area contributed by atoms with Crippen LogP contribution in [0.5, 0.6) is 0 Å². The van der Waals surface area contributed by atoms with E-state index in [4.69, 9.17) is 0 Å². The monoisotopic (exact) mass is 292 g/mol. The van der Waals surface area contributed by atoms with Gasteiger partial charge in [-0.3, -0.25) is 4.72 Å². The molecule has 0 spiro atoms. The molecule has 1 aromatic rings. The van der Waals surface area contributed by atoms with Gasteiger partial charge in [0.25, 0.3) is 0 Å². The minimum absolute atomic E-state index is 0.221. The first kappa shape index (κ1) is 15.8. The predicted molar refractivity (Wildman–Crippen MR) is 71.5 cm³/mol. The quantitative estimate of drug-likeness (QED) is 0.757. The molecule has 0 amide bonds. The van der Waals surface area contributed by atoms with Crippen molar-refractivity contribution in [2.24, 2.45) is 0 Å². The third kappa shape index (κ3) is 4.43. The molecule has 0 aromatic heterocycles. The fourth-order valence-electron chi connectivity index (χ4n) is 1.43. The molecule has 7 heteroatoms. The molecule has 1 aromatic carbocycles. The number of hydrogen-bond donors (Lipinski definition) is 2. The van der Waals surface area contributed by atoms with Gasteiger partial charge in [0.1, 0.15) is 17.3 Å². The molecule has 1 atom stereocenters. The molecule has 19 heavy (non-hydrogen) atoms. The van der Waals surface area contributed by atoms with Gasteiger partial charge in [-0.25, -0.2) is 17.2 Å². The first-order chi connectivity index (χ1) is 8.88. The van der Waals surface area contributed by atoms with Crippen molar-refractivity contribution in [1.82, 2.24) is 5.32 Å². The molecule has 1 rings (SSSR count). The summed E-state index contributed by atoms with van der Waals surface area (Å²) >= 11 is 0. The van der Waals surface area contributed by atoms with Crippen LogP contribution in [0.25, 0.3) is 0 Å². The molecule has 0 aliphatic heterocycles.